The molecule has 1 N–H and O–H groups in total. The maximum Gasteiger partial charge on any atom is 0.0840 e. The summed E-state index contributed by atoms with van der Waals surface area (Å²) in [4.78, 5) is 0. The molecule has 1 aromatic rings. The van der Waals surface area contributed by atoms with Crippen LogP contribution in [0.5, 0.6) is 0 Å². The second-order valence-corrected chi connectivity index (χ2v) is 4.52. The third-order valence-corrected chi connectivity index (χ3v) is 2.38. The highest BCUT2D eigenvalue weighted by Gasteiger charge is 2.16. The highest BCUT2D eigenvalue weighted by molar-refractivity contribution is 5.32. The molecular weight excluding hydrogens is 172 g/mol. The summed E-state index contributed by atoms with van der Waals surface area (Å²) in [5.41, 5.74) is 2.84. The molecular formula is C13H20O. The van der Waals surface area contributed by atoms with Gasteiger partial charge in [0, 0.05) is 0 Å². The van der Waals surface area contributed by atoms with Crippen molar-refractivity contribution in [1.29, 1.82) is 0 Å². The molecule has 1 aromatic carbocycles. The molecule has 1 rings (SSSR count). The summed E-state index contributed by atoms with van der Waals surface area (Å²) in [7, 11) is 0. The van der Waals surface area contributed by atoms with Crippen molar-refractivity contribution >= 4 is 0 Å². The molecule has 0 aliphatic heterocycles. The quantitative estimate of drug-likeness (QED) is 0.780. The van der Waals surface area contributed by atoms with Crippen LogP contribution in [0.2, 0.25) is 0 Å². The first-order chi connectivity index (χ1) is 6.43. The van der Waals surface area contributed by atoms with Crippen LogP contribution in [0, 0.1) is 6.92 Å². The van der Waals surface area contributed by atoms with E-state index in [1.807, 2.05) is 13.8 Å². The Labute approximate surface area is 86.8 Å². The number of hydrogen-bond donors (Lipinski definition) is 1. The van der Waals surface area contributed by atoms with E-state index in [2.05, 4.69) is 32.0 Å². The molecule has 0 radical (unpaired) electrons. The van der Waals surface area contributed by atoms with Crippen LogP contribution in [0.15, 0.2) is 18.2 Å². The van der Waals surface area contributed by atoms with Gasteiger partial charge in [0.2, 0.25) is 0 Å². The van der Waals surface area contributed by atoms with E-state index in [0.717, 1.165) is 18.4 Å². The maximum atomic E-state index is 9.91. The summed E-state index contributed by atoms with van der Waals surface area (Å²) < 4.78 is 0. The third-order valence-electron chi connectivity index (χ3n) is 2.38. The first-order valence-corrected chi connectivity index (χ1v) is 5.27. The van der Waals surface area contributed by atoms with Crippen molar-refractivity contribution in [3.63, 3.8) is 0 Å². The Morgan fingerprint density at radius 3 is 2.36 bits per heavy atom. The molecule has 0 saturated heterocycles. The molecule has 14 heavy (non-hydrogen) atoms. The number of aliphatic hydroxyl groups is 1. The zero-order valence-electron chi connectivity index (χ0n) is 9.59. The van der Waals surface area contributed by atoms with E-state index in [1.54, 1.807) is 0 Å². The molecule has 0 aliphatic rings. The fraction of sp³-hybridized carbons (Fsp3) is 0.538. The molecule has 1 heteroatoms. The van der Waals surface area contributed by atoms with Crippen molar-refractivity contribution in [3.8, 4) is 0 Å². The van der Waals surface area contributed by atoms with Crippen molar-refractivity contribution in [2.24, 2.45) is 0 Å². The van der Waals surface area contributed by atoms with Crippen LogP contribution in [-0.2, 0) is 12.0 Å². The predicted molar refractivity (Wildman–Crippen MR) is 60.4 cm³/mol. The van der Waals surface area contributed by atoms with Gasteiger partial charge >= 0.3 is 0 Å². The summed E-state index contributed by atoms with van der Waals surface area (Å²) in [5, 5.41) is 9.91. The van der Waals surface area contributed by atoms with Crippen LogP contribution in [0.3, 0.4) is 0 Å². The van der Waals surface area contributed by atoms with Crippen molar-refractivity contribution in [2.75, 3.05) is 0 Å². The van der Waals surface area contributed by atoms with Crippen LogP contribution < -0.4 is 0 Å². The average Bonchev–Trinajstić information content (AvgIpc) is 2.02. The Kier molecular flexibility index (Phi) is 3.33. The Hall–Kier alpha value is -0.820. The SMILES string of the molecule is CCCc1cc(C)cc(C(C)(C)O)c1. The normalized spacial score (nSPS) is 11.8. The van der Waals surface area contributed by atoms with E-state index >= 15 is 0 Å². The van der Waals surface area contributed by atoms with Gasteiger partial charge in [-0.3, -0.25) is 0 Å². The molecule has 1 nitrogen and oxygen atoms in total. The zero-order chi connectivity index (χ0) is 10.8. The monoisotopic (exact) mass is 192 g/mol. The van der Waals surface area contributed by atoms with Gasteiger partial charge in [-0.1, -0.05) is 37.1 Å². The molecule has 0 unspecified atom stereocenters. The Balaban J connectivity index is 3.07. The Bertz CT molecular complexity index is 308. The molecule has 0 spiro atoms. The van der Waals surface area contributed by atoms with Crippen LogP contribution in [0.4, 0.5) is 0 Å². The smallest absolute Gasteiger partial charge is 0.0840 e. The molecule has 0 heterocycles. The number of hydrogen-bond acceptors (Lipinski definition) is 1. The molecule has 0 bridgehead atoms. The average molecular weight is 192 g/mol. The largest absolute Gasteiger partial charge is 0.386 e. The number of benzene rings is 1. The predicted octanol–water partition coefficient (Wildman–Crippen LogP) is 3.17. The Morgan fingerprint density at radius 2 is 1.86 bits per heavy atom. The summed E-state index contributed by atoms with van der Waals surface area (Å²) in [6.45, 7) is 7.91. The molecule has 0 fully saturated rings. The van der Waals surface area contributed by atoms with Gasteiger partial charge in [0.1, 0.15) is 0 Å². The Morgan fingerprint density at radius 1 is 1.21 bits per heavy atom. The van der Waals surface area contributed by atoms with Crippen LogP contribution >= 0.6 is 0 Å². The fourth-order valence-electron chi connectivity index (χ4n) is 1.65. The summed E-state index contributed by atoms with van der Waals surface area (Å²) in [6, 6.07) is 6.36. The lowest BCUT2D eigenvalue weighted by atomic mass is 9.93. The van der Waals surface area contributed by atoms with Gasteiger partial charge in [-0.2, -0.15) is 0 Å². The highest BCUT2D eigenvalue weighted by Crippen LogP contribution is 2.22. The first kappa shape index (κ1) is 11.3. The lowest BCUT2D eigenvalue weighted by Crippen LogP contribution is -2.15. The topological polar surface area (TPSA) is 20.2 Å². The van der Waals surface area contributed by atoms with Gasteiger partial charge in [-0.25, -0.2) is 0 Å². The molecule has 0 aromatic heterocycles. The van der Waals surface area contributed by atoms with E-state index in [0.29, 0.717) is 0 Å². The van der Waals surface area contributed by atoms with Crippen LogP contribution in [-0.4, -0.2) is 5.11 Å². The van der Waals surface area contributed by atoms with Gasteiger partial charge in [-0.15, -0.1) is 0 Å². The van der Waals surface area contributed by atoms with Gasteiger partial charge in [-0.05, 0) is 38.3 Å². The molecule has 0 atom stereocenters. The summed E-state index contributed by atoms with van der Waals surface area (Å²) in [6.07, 6.45) is 2.24. The van der Waals surface area contributed by atoms with Crippen LogP contribution in [0.1, 0.15) is 43.9 Å². The molecule has 0 saturated carbocycles. The van der Waals surface area contributed by atoms with Gasteiger partial charge in [0.25, 0.3) is 0 Å². The van der Waals surface area contributed by atoms with E-state index < -0.39 is 5.60 Å². The zero-order valence-corrected chi connectivity index (χ0v) is 9.59. The molecule has 0 amide bonds. The number of aryl methyl sites for hydroxylation is 2. The van der Waals surface area contributed by atoms with E-state index in [4.69, 9.17) is 0 Å². The molecule has 78 valence electrons. The fourth-order valence-corrected chi connectivity index (χ4v) is 1.65. The summed E-state index contributed by atoms with van der Waals surface area (Å²) >= 11 is 0. The third kappa shape index (κ3) is 2.85. The lowest BCUT2D eigenvalue weighted by Gasteiger charge is -2.19. The molecule has 0 aliphatic carbocycles. The summed E-state index contributed by atoms with van der Waals surface area (Å²) in [5.74, 6) is 0. The second-order valence-electron chi connectivity index (χ2n) is 4.52. The van der Waals surface area contributed by atoms with Gasteiger partial charge in [0.05, 0.1) is 5.60 Å². The van der Waals surface area contributed by atoms with Crippen molar-refractivity contribution < 1.29 is 5.11 Å². The number of rotatable bonds is 3. The van der Waals surface area contributed by atoms with Crippen molar-refractivity contribution in [3.05, 3.63) is 34.9 Å². The second kappa shape index (κ2) is 4.14. The minimum atomic E-state index is -0.728. The van der Waals surface area contributed by atoms with Crippen LogP contribution in [0.25, 0.3) is 0 Å². The lowest BCUT2D eigenvalue weighted by molar-refractivity contribution is 0.0784. The minimum absolute atomic E-state index is 0.728. The van der Waals surface area contributed by atoms with Gasteiger partial charge in [0.15, 0.2) is 0 Å². The van der Waals surface area contributed by atoms with E-state index in [9.17, 15) is 5.11 Å². The van der Waals surface area contributed by atoms with Crippen molar-refractivity contribution in [2.45, 2.75) is 46.1 Å². The minimum Gasteiger partial charge on any atom is -0.386 e. The van der Waals surface area contributed by atoms with E-state index in [1.165, 1.54) is 11.1 Å². The standard InChI is InChI=1S/C13H20O/c1-5-6-11-7-10(2)8-12(9-11)13(3,4)14/h7-9,14H,5-6H2,1-4H3. The van der Waals surface area contributed by atoms with Crippen molar-refractivity contribution in [1.82, 2.24) is 0 Å². The van der Waals surface area contributed by atoms with E-state index in [-0.39, 0.29) is 0 Å². The van der Waals surface area contributed by atoms with Gasteiger partial charge < -0.3 is 5.11 Å². The highest BCUT2D eigenvalue weighted by atomic mass is 16.3. The first-order valence-electron chi connectivity index (χ1n) is 5.27. The maximum absolute atomic E-state index is 9.91.